The molecule has 0 saturated heterocycles. The zero-order valence-electron chi connectivity index (χ0n) is 17.1. The minimum atomic E-state index is -4.48. The van der Waals surface area contributed by atoms with Gasteiger partial charge in [0.15, 0.2) is 0 Å². The molecule has 1 aliphatic carbocycles. The average molecular weight is 438 g/mol. The molecule has 3 rings (SSSR count). The Balaban J connectivity index is 1.72. The number of hydrogen-bond donors (Lipinski definition) is 0. The van der Waals surface area contributed by atoms with Crippen LogP contribution in [0.15, 0.2) is 47.6 Å². The molecule has 0 N–H and O–H groups in total. The second kappa shape index (κ2) is 10.3. The molecular formula is C24H27ClF3NO. The largest absolute Gasteiger partial charge is 0.417 e. The molecule has 0 heterocycles. The maximum absolute atomic E-state index is 13.4. The minimum absolute atomic E-state index is 0.0236. The Kier molecular flexibility index (Phi) is 7.81. The molecule has 2 aromatic carbocycles. The molecule has 0 spiro atoms. The summed E-state index contributed by atoms with van der Waals surface area (Å²) in [6, 6.07) is 11.8. The first kappa shape index (κ1) is 22.7. The van der Waals surface area contributed by atoms with Gasteiger partial charge in [0.2, 0.25) is 0 Å². The molecule has 0 atom stereocenters. The molecule has 162 valence electrons. The van der Waals surface area contributed by atoms with Crippen LogP contribution < -0.4 is 0 Å². The Hall–Kier alpha value is -2.01. The molecule has 2 aromatic rings. The molecule has 0 unspecified atom stereocenters. The summed E-state index contributed by atoms with van der Waals surface area (Å²) >= 11 is 5.96. The summed E-state index contributed by atoms with van der Waals surface area (Å²) in [7, 11) is 0. The molecule has 0 amide bonds. The van der Waals surface area contributed by atoms with Crippen molar-refractivity contribution in [2.75, 3.05) is 0 Å². The lowest BCUT2D eigenvalue weighted by molar-refractivity contribution is -0.137. The predicted octanol–water partition coefficient (Wildman–Crippen LogP) is 8.13. The first-order chi connectivity index (χ1) is 14.4. The highest BCUT2D eigenvalue weighted by molar-refractivity contribution is 6.31. The third-order valence-corrected chi connectivity index (χ3v) is 5.78. The molecule has 1 saturated carbocycles. The highest BCUT2D eigenvalue weighted by Gasteiger charge is 2.34. The van der Waals surface area contributed by atoms with Gasteiger partial charge in [-0.15, -0.1) is 0 Å². The first-order valence-corrected chi connectivity index (χ1v) is 10.9. The third-order valence-electron chi connectivity index (χ3n) is 5.55. The van der Waals surface area contributed by atoms with Crippen LogP contribution in [0.3, 0.4) is 0 Å². The van der Waals surface area contributed by atoms with Crippen LogP contribution in [0.4, 0.5) is 13.2 Å². The number of halogens is 4. The van der Waals surface area contributed by atoms with E-state index in [9.17, 15) is 13.2 Å². The van der Waals surface area contributed by atoms with Gasteiger partial charge in [-0.05, 0) is 54.5 Å². The standard InChI is InChI=1S/C24H27ClF3NO/c1-2-6-23(21-15-20(25)13-14-22(21)24(26,27)28)29-30-16-17-9-11-19(12-10-17)18-7-4-3-5-8-18/h9-15,18H,2-8,16H2,1H3/b29-23+. The van der Waals surface area contributed by atoms with E-state index in [0.29, 0.717) is 18.8 Å². The predicted molar refractivity (Wildman–Crippen MR) is 115 cm³/mol. The normalized spacial score (nSPS) is 16.0. The molecule has 0 bridgehead atoms. The van der Waals surface area contributed by atoms with Crippen LogP contribution >= 0.6 is 11.6 Å². The van der Waals surface area contributed by atoms with Gasteiger partial charge in [-0.3, -0.25) is 0 Å². The minimum Gasteiger partial charge on any atom is -0.391 e. The maximum atomic E-state index is 13.4. The SMILES string of the molecule is CCC/C(=N\OCc1ccc(C2CCCCC2)cc1)c1cc(Cl)ccc1C(F)(F)F. The van der Waals surface area contributed by atoms with Crippen LogP contribution in [-0.4, -0.2) is 5.71 Å². The van der Waals surface area contributed by atoms with Gasteiger partial charge in [0.25, 0.3) is 0 Å². The summed E-state index contributed by atoms with van der Waals surface area (Å²) in [6.07, 6.45) is 2.89. The van der Waals surface area contributed by atoms with Crippen molar-refractivity contribution in [2.24, 2.45) is 5.16 Å². The molecule has 6 heteroatoms. The number of alkyl halides is 3. The van der Waals surface area contributed by atoms with E-state index in [0.717, 1.165) is 11.6 Å². The van der Waals surface area contributed by atoms with Gasteiger partial charge in [0.1, 0.15) is 6.61 Å². The summed E-state index contributed by atoms with van der Waals surface area (Å²) < 4.78 is 40.3. The van der Waals surface area contributed by atoms with Crippen LogP contribution in [0.5, 0.6) is 0 Å². The maximum Gasteiger partial charge on any atom is 0.417 e. The Morgan fingerprint density at radius 1 is 1.07 bits per heavy atom. The number of benzene rings is 2. The molecule has 1 aliphatic rings. The summed E-state index contributed by atoms with van der Waals surface area (Å²) in [4.78, 5) is 5.46. The van der Waals surface area contributed by atoms with Crippen molar-refractivity contribution in [2.45, 2.75) is 70.6 Å². The molecular weight excluding hydrogens is 411 g/mol. The molecule has 1 fully saturated rings. The van der Waals surface area contributed by atoms with Crippen molar-refractivity contribution in [1.82, 2.24) is 0 Å². The second-order valence-electron chi connectivity index (χ2n) is 7.83. The average Bonchev–Trinajstić information content (AvgIpc) is 2.73. The Bertz CT molecular complexity index is 856. The van der Waals surface area contributed by atoms with Crippen LogP contribution in [0.1, 0.15) is 80.0 Å². The van der Waals surface area contributed by atoms with Crippen LogP contribution in [-0.2, 0) is 17.6 Å². The topological polar surface area (TPSA) is 21.6 Å². The number of rotatable bonds is 7. The Morgan fingerprint density at radius 2 is 1.77 bits per heavy atom. The van der Waals surface area contributed by atoms with Crippen molar-refractivity contribution < 1.29 is 18.0 Å². The van der Waals surface area contributed by atoms with Gasteiger partial charge in [-0.1, -0.05) is 73.6 Å². The highest BCUT2D eigenvalue weighted by atomic mass is 35.5. The first-order valence-electron chi connectivity index (χ1n) is 10.5. The van der Waals surface area contributed by atoms with Crippen molar-refractivity contribution in [3.05, 3.63) is 69.7 Å². The summed E-state index contributed by atoms with van der Waals surface area (Å²) in [6.45, 7) is 2.09. The molecule has 0 radical (unpaired) electrons. The number of oxime groups is 1. The Morgan fingerprint density at radius 3 is 2.40 bits per heavy atom. The van der Waals surface area contributed by atoms with Crippen molar-refractivity contribution in [1.29, 1.82) is 0 Å². The quantitative estimate of drug-likeness (QED) is 0.316. The molecule has 0 aliphatic heterocycles. The highest BCUT2D eigenvalue weighted by Crippen LogP contribution is 2.35. The lowest BCUT2D eigenvalue weighted by Gasteiger charge is -2.22. The number of hydrogen-bond acceptors (Lipinski definition) is 2. The fraction of sp³-hybridized carbons (Fsp3) is 0.458. The van der Waals surface area contributed by atoms with E-state index in [2.05, 4.69) is 17.3 Å². The van der Waals surface area contributed by atoms with E-state index < -0.39 is 11.7 Å². The zero-order valence-corrected chi connectivity index (χ0v) is 17.9. The van der Waals surface area contributed by atoms with E-state index in [4.69, 9.17) is 16.4 Å². The van der Waals surface area contributed by atoms with Gasteiger partial charge in [-0.2, -0.15) is 13.2 Å². The van der Waals surface area contributed by atoms with Gasteiger partial charge < -0.3 is 4.84 Å². The van der Waals surface area contributed by atoms with Crippen LogP contribution in [0.2, 0.25) is 5.02 Å². The zero-order chi connectivity index (χ0) is 21.6. The van der Waals surface area contributed by atoms with Gasteiger partial charge in [0, 0.05) is 10.6 Å². The van der Waals surface area contributed by atoms with Gasteiger partial charge in [0.05, 0.1) is 11.3 Å². The van der Waals surface area contributed by atoms with E-state index in [1.54, 1.807) is 0 Å². The molecule has 0 aromatic heterocycles. The fourth-order valence-electron chi connectivity index (χ4n) is 3.98. The van der Waals surface area contributed by atoms with E-state index in [-0.39, 0.29) is 22.9 Å². The van der Waals surface area contributed by atoms with E-state index in [1.807, 2.05) is 19.1 Å². The van der Waals surface area contributed by atoms with E-state index in [1.165, 1.54) is 49.8 Å². The summed E-state index contributed by atoms with van der Waals surface area (Å²) in [5.41, 5.74) is 1.77. The summed E-state index contributed by atoms with van der Waals surface area (Å²) in [5, 5.41) is 4.30. The monoisotopic (exact) mass is 437 g/mol. The smallest absolute Gasteiger partial charge is 0.391 e. The third kappa shape index (κ3) is 6.00. The van der Waals surface area contributed by atoms with E-state index >= 15 is 0 Å². The van der Waals surface area contributed by atoms with Crippen molar-refractivity contribution >= 4 is 17.3 Å². The molecule has 30 heavy (non-hydrogen) atoms. The van der Waals surface area contributed by atoms with Gasteiger partial charge >= 0.3 is 6.18 Å². The lowest BCUT2D eigenvalue weighted by atomic mass is 9.84. The fourth-order valence-corrected chi connectivity index (χ4v) is 4.15. The number of nitrogens with zero attached hydrogens (tertiary/aromatic N) is 1. The van der Waals surface area contributed by atoms with Crippen LogP contribution in [0.25, 0.3) is 0 Å². The molecule has 2 nitrogen and oxygen atoms in total. The van der Waals surface area contributed by atoms with Crippen molar-refractivity contribution in [3.8, 4) is 0 Å². The van der Waals surface area contributed by atoms with Crippen LogP contribution in [0, 0.1) is 0 Å². The summed E-state index contributed by atoms with van der Waals surface area (Å²) in [5.74, 6) is 0.631. The second-order valence-corrected chi connectivity index (χ2v) is 8.26. The van der Waals surface area contributed by atoms with Gasteiger partial charge in [-0.25, -0.2) is 0 Å². The van der Waals surface area contributed by atoms with Crippen molar-refractivity contribution in [3.63, 3.8) is 0 Å². The lowest BCUT2D eigenvalue weighted by Crippen LogP contribution is -2.14. The Labute approximate surface area is 181 Å².